The van der Waals surface area contributed by atoms with Crippen molar-refractivity contribution in [2.24, 2.45) is 0 Å². The van der Waals surface area contributed by atoms with Gasteiger partial charge in [-0.25, -0.2) is 0 Å². The fourth-order valence-corrected chi connectivity index (χ4v) is 2.33. The Balaban J connectivity index is 2.47. The van der Waals surface area contributed by atoms with Crippen molar-refractivity contribution in [2.75, 3.05) is 6.26 Å². The average Bonchev–Trinajstić information content (AvgIpc) is 2.29. The molecule has 0 amide bonds. The summed E-state index contributed by atoms with van der Waals surface area (Å²) in [5.41, 5.74) is 1.63. The zero-order valence-electron chi connectivity index (χ0n) is 9.39. The molecule has 88 valence electrons. The first kappa shape index (κ1) is 12.1. The normalized spacial score (nSPS) is 14.2. The SMILES string of the molecule is C=S(C)(=O)c1ccc(-c2ccccc2Cl)nc1. The molecule has 0 saturated carbocycles. The predicted octanol–water partition coefficient (Wildman–Crippen LogP) is 3.11. The van der Waals surface area contributed by atoms with Crippen LogP contribution >= 0.6 is 11.6 Å². The van der Waals surface area contributed by atoms with E-state index in [-0.39, 0.29) is 0 Å². The van der Waals surface area contributed by atoms with Gasteiger partial charge in [0.25, 0.3) is 0 Å². The maximum atomic E-state index is 11.7. The molecule has 0 spiro atoms. The van der Waals surface area contributed by atoms with E-state index in [0.29, 0.717) is 9.92 Å². The van der Waals surface area contributed by atoms with Crippen molar-refractivity contribution >= 4 is 27.0 Å². The maximum Gasteiger partial charge on any atom is 0.0717 e. The van der Waals surface area contributed by atoms with Gasteiger partial charge in [-0.3, -0.25) is 9.19 Å². The lowest BCUT2D eigenvalue weighted by Crippen LogP contribution is -1.97. The number of hydrogen-bond acceptors (Lipinski definition) is 2. The molecule has 1 aromatic heterocycles. The van der Waals surface area contributed by atoms with Gasteiger partial charge in [-0.15, -0.1) is 0 Å². The zero-order chi connectivity index (χ0) is 12.5. The molecule has 1 unspecified atom stereocenters. The van der Waals surface area contributed by atoms with Crippen LogP contribution in [0.3, 0.4) is 0 Å². The maximum absolute atomic E-state index is 11.7. The summed E-state index contributed by atoms with van der Waals surface area (Å²) >= 11 is 6.08. The summed E-state index contributed by atoms with van der Waals surface area (Å²) in [7, 11) is -2.21. The highest BCUT2D eigenvalue weighted by Gasteiger charge is 2.06. The Morgan fingerprint density at radius 3 is 2.47 bits per heavy atom. The minimum Gasteiger partial charge on any atom is -0.263 e. The van der Waals surface area contributed by atoms with Crippen LogP contribution < -0.4 is 0 Å². The van der Waals surface area contributed by atoms with Gasteiger partial charge in [0, 0.05) is 27.9 Å². The molecule has 1 heterocycles. The molecule has 17 heavy (non-hydrogen) atoms. The molecule has 2 rings (SSSR count). The molecule has 0 aliphatic carbocycles. The summed E-state index contributed by atoms with van der Waals surface area (Å²) in [6, 6.07) is 11.1. The van der Waals surface area contributed by atoms with E-state index in [1.807, 2.05) is 30.3 Å². The fraction of sp³-hybridized carbons (Fsp3) is 0.0769. The van der Waals surface area contributed by atoms with Gasteiger partial charge < -0.3 is 0 Å². The van der Waals surface area contributed by atoms with Crippen LogP contribution in [0.2, 0.25) is 5.02 Å². The van der Waals surface area contributed by atoms with Gasteiger partial charge >= 0.3 is 0 Å². The standard InChI is InChI=1S/C13H12ClNOS/c1-17(2,16)10-7-8-13(15-9-10)11-5-3-4-6-12(11)14/h3-9H,1H2,2H3. The van der Waals surface area contributed by atoms with Gasteiger partial charge in [0.15, 0.2) is 0 Å². The van der Waals surface area contributed by atoms with Crippen LogP contribution in [0, 0.1) is 0 Å². The van der Waals surface area contributed by atoms with Crippen LogP contribution in [0.4, 0.5) is 0 Å². The number of benzene rings is 1. The molecule has 2 aromatic rings. The van der Waals surface area contributed by atoms with Crippen LogP contribution in [0.25, 0.3) is 11.3 Å². The van der Waals surface area contributed by atoms with Crippen molar-refractivity contribution in [3.05, 3.63) is 47.6 Å². The van der Waals surface area contributed by atoms with Crippen LogP contribution in [0.15, 0.2) is 47.5 Å². The molecule has 4 heteroatoms. The van der Waals surface area contributed by atoms with E-state index in [1.54, 1.807) is 18.5 Å². The Labute approximate surface area is 106 Å². The lowest BCUT2D eigenvalue weighted by Gasteiger charge is -2.05. The Morgan fingerprint density at radius 2 is 1.94 bits per heavy atom. The van der Waals surface area contributed by atoms with Gasteiger partial charge in [0.1, 0.15) is 0 Å². The summed E-state index contributed by atoms with van der Waals surface area (Å²) in [5.74, 6) is 3.62. The summed E-state index contributed by atoms with van der Waals surface area (Å²) in [4.78, 5) is 4.92. The second-order valence-corrected chi connectivity index (χ2v) is 6.75. The van der Waals surface area contributed by atoms with Crippen molar-refractivity contribution in [3.8, 4) is 11.3 Å². The first-order chi connectivity index (χ1) is 7.98. The third-order valence-corrected chi connectivity index (χ3v) is 3.95. The van der Waals surface area contributed by atoms with Gasteiger partial charge in [-0.05, 0) is 33.6 Å². The van der Waals surface area contributed by atoms with Crippen molar-refractivity contribution < 1.29 is 4.21 Å². The third kappa shape index (κ3) is 2.68. The van der Waals surface area contributed by atoms with Crippen LogP contribution in [0.5, 0.6) is 0 Å². The highest BCUT2D eigenvalue weighted by atomic mass is 35.5. The Morgan fingerprint density at radius 1 is 1.24 bits per heavy atom. The minimum atomic E-state index is -2.21. The molecule has 1 atom stereocenters. The van der Waals surface area contributed by atoms with Crippen LogP contribution in [-0.2, 0) is 9.52 Å². The molecule has 0 radical (unpaired) electrons. The highest BCUT2D eigenvalue weighted by Crippen LogP contribution is 2.26. The van der Waals surface area contributed by atoms with E-state index in [0.717, 1.165) is 11.3 Å². The summed E-state index contributed by atoms with van der Waals surface area (Å²) in [6.45, 7) is 0. The molecule has 1 aromatic carbocycles. The van der Waals surface area contributed by atoms with E-state index < -0.39 is 9.52 Å². The molecule has 0 N–H and O–H groups in total. The van der Waals surface area contributed by atoms with Crippen LogP contribution in [0.1, 0.15) is 0 Å². The molecule has 2 nitrogen and oxygen atoms in total. The van der Waals surface area contributed by atoms with E-state index in [9.17, 15) is 4.21 Å². The summed E-state index contributed by atoms with van der Waals surface area (Å²) in [6.07, 6.45) is 3.19. The van der Waals surface area contributed by atoms with Crippen molar-refractivity contribution in [1.82, 2.24) is 4.98 Å². The first-order valence-corrected chi connectivity index (χ1v) is 7.53. The Kier molecular flexibility index (Phi) is 3.22. The second kappa shape index (κ2) is 4.51. The lowest BCUT2D eigenvalue weighted by molar-refractivity contribution is 0.684. The topological polar surface area (TPSA) is 30.0 Å². The Bertz CT molecular complexity index is 633. The monoisotopic (exact) mass is 265 g/mol. The first-order valence-electron chi connectivity index (χ1n) is 5.02. The van der Waals surface area contributed by atoms with Gasteiger partial charge in [0.05, 0.1) is 5.69 Å². The van der Waals surface area contributed by atoms with Crippen LogP contribution in [-0.4, -0.2) is 21.3 Å². The van der Waals surface area contributed by atoms with Gasteiger partial charge in [-0.1, -0.05) is 29.8 Å². The molecule has 0 bridgehead atoms. The number of aromatic nitrogens is 1. The van der Waals surface area contributed by atoms with Gasteiger partial charge in [0.2, 0.25) is 0 Å². The summed E-state index contributed by atoms with van der Waals surface area (Å²) in [5, 5.41) is 0.652. The molecule has 0 saturated heterocycles. The fourth-order valence-electron chi connectivity index (χ4n) is 1.46. The van der Waals surface area contributed by atoms with E-state index in [1.165, 1.54) is 0 Å². The van der Waals surface area contributed by atoms with E-state index in [2.05, 4.69) is 10.9 Å². The number of nitrogens with zero attached hydrogens (tertiary/aromatic N) is 1. The smallest absolute Gasteiger partial charge is 0.0717 e. The molecule has 0 aliphatic heterocycles. The summed E-state index contributed by atoms with van der Waals surface area (Å²) < 4.78 is 11.7. The third-order valence-electron chi connectivity index (χ3n) is 2.38. The Hall–Kier alpha value is -1.32. The van der Waals surface area contributed by atoms with E-state index in [4.69, 9.17) is 11.6 Å². The van der Waals surface area contributed by atoms with Crippen molar-refractivity contribution in [1.29, 1.82) is 0 Å². The lowest BCUT2D eigenvalue weighted by atomic mass is 10.1. The van der Waals surface area contributed by atoms with Crippen molar-refractivity contribution in [3.63, 3.8) is 0 Å². The highest BCUT2D eigenvalue weighted by molar-refractivity contribution is 7.99. The number of rotatable bonds is 2. The number of hydrogen-bond donors (Lipinski definition) is 0. The molecular formula is C13H12ClNOS. The zero-order valence-corrected chi connectivity index (χ0v) is 11.0. The molecule has 0 aliphatic rings. The van der Waals surface area contributed by atoms with E-state index >= 15 is 0 Å². The average molecular weight is 266 g/mol. The number of halogens is 1. The second-order valence-electron chi connectivity index (χ2n) is 3.86. The van der Waals surface area contributed by atoms with Gasteiger partial charge in [-0.2, -0.15) is 0 Å². The quantitative estimate of drug-likeness (QED) is 0.781. The van der Waals surface area contributed by atoms with Crippen molar-refractivity contribution in [2.45, 2.75) is 4.90 Å². The largest absolute Gasteiger partial charge is 0.263 e. The molecule has 0 fully saturated rings. The minimum absolute atomic E-state index is 0.647. The predicted molar refractivity (Wildman–Crippen MR) is 74.1 cm³/mol. The molecular weight excluding hydrogens is 254 g/mol. The number of pyridine rings is 1.